The molecule has 0 amide bonds. The van der Waals surface area contributed by atoms with E-state index in [2.05, 4.69) is 137 Å². The smallest absolute Gasteiger partial charge is 0.116 e. The van der Waals surface area contributed by atoms with Crippen molar-refractivity contribution in [2.24, 2.45) is 0 Å². The molecule has 3 heteroatoms. The van der Waals surface area contributed by atoms with Crippen LogP contribution in [0.5, 0.6) is 0 Å². The number of aromatic nitrogens is 2. The van der Waals surface area contributed by atoms with Gasteiger partial charge >= 0.3 is 0 Å². The minimum Gasteiger partial charge on any atom is -0.236 e. The van der Waals surface area contributed by atoms with Crippen molar-refractivity contribution in [2.45, 2.75) is 0 Å². The lowest BCUT2D eigenvalue weighted by molar-refractivity contribution is 1.18. The largest absolute Gasteiger partial charge is 0.236 e. The zero-order valence-corrected chi connectivity index (χ0v) is 21.6. The Morgan fingerprint density at radius 3 is 1.24 bits per heavy atom. The molecule has 1 aromatic heterocycles. The maximum Gasteiger partial charge on any atom is 0.116 e. The second kappa shape index (κ2) is 10.3. The zero-order chi connectivity index (χ0) is 25.0. The Morgan fingerprint density at radius 1 is 0.378 bits per heavy atom. The van der Waals surface area contributed by atoms with Gasteiger partial charge in [0.25, 0.3) is 0 Å². The molecule has 0 aliphatic carbocycles. The van der Waals surface area contributed by atoms with E-state index in [1.165, 1.54) is 0 Å². The van der Waals surface area contributed by atoms with E-state index < -0.39 is 0 Å². The van der Waals surface area contributed by atoms with Gasteiger partial charge in [-0.15, -0.1) is 0 Å². The Labute approximate surface area is 225 Å². The molecule has 0 aliphatic rings. The van der Waals surface area contributed by atoms with Crippen LogP contribution in [0.4, 0.5) is 0 Å². The summed E-state index contributed by atoms with van der Waals surface area (Å²) in [5, 5.41) is 0. The molecule has 0 N–H and O–H groups in total. The Morgan fingerprint density at radius 2 is 0.784 bits per heavy atom. The average molecular weight is 539 g/mol. The van der Waals surface area contributed by atoms with Crippen LogP contribution >= 0.6 is 15.9 Å². The molecule has 2 nitrogen and oxygen atoms in total. The molecule has 0 saturated heterocycles. The molecule has 0 atom stereocenters. The van der Waals surface area contributed by atoms with Gasteiger partial charge in [-0.3, -0.25) is 0 Å². The number of rotatable bonds is 5. The Kier molecular flexibility index (Phi) is 6.45. The van der Waals surface area contributed by atoms with Gasteiger partial charge in [0.2, 0.25) is 0 Å². The van der Waals surface area contributed by atoms with Crippen molar-refractivity contribution in [2.75, 3.05) is 0 Å². The number of nitrogens with zero attached hydrogens (tertiary/aromatic N) is 2. The fourth-order valence-electron chi connectivity index (χ4n) is 4.80. The molecule has 1 heterocycles. The van der Waals surface area contributed by atoms with Crippen LogP contribution in [-0.2, 0) is 0 Å². The molecule has 0 saturated carbocycles. The Hall–Kier alpha value is -4.34. The third-order valence-corrected chi connectivity index (χ3v) is 7.04. The molecule has 0 unspecified atom stereocenters. The van der Waals surface area contributed by atoms with Gasteiger partial charge in [-0.1, -0.05) is 137 Å². The van der Waals surface area contributed by atoms with Crippen LogP contribution in [-0.4, -0.2) is 9.97 Å². The van der Waals surface area contributed by atoms with Crippen LogP contribution < -0.4 is 0 Å². The normalized spacial score (nSPS) is 10.8. The van der Waals surface area contributed by atoms with Crippen molar-refractivity contribution >= 4 is 15.9 Å². The van der Waals surface area contributed by atoms with Crippen LogP contribution in [0.2, 0.25) is 0 Å². The predicted octanol–water partition coefficient (Wildman–Crippen LogP) is 9.57. The summed E-state index contributed by atoms with van der Waals surface area (Å²) < 4.78 is 1.03. The van der Waals surface area contributed by atoms with Crippen molar-refractivity contribution < 1.29 is 0 Å². The van der Waals surface area contributed by atoms with E-state index in [4.69, 9.17) is 9.97 Å². The third kappa shape index (κ3) is 4.62. The van der Waals surface area contributed by atoms with Crippen molar-refractivity contribution in [3.63, 3.8) is 0 Å². The van der Waals surface area contributed by atoms with Gasteiger partial charge in [0.05, 0.1) is 11.4 Å². The minimum absolute atomic E-state index is 0.912. The summed E-state index contributed by atoms with van der Waals surface area (Å²) in [7, 11) is 0. The van der Waals surface area contributed by atoms with E-state index in [0.717, 1.165) is 60.4 Å². The van der Waals surface area contributed by atoms with E-state index in [-0.39, 0.29) is 0 Å². The summed E-state index contributed by atoms with van der Waals surface area (Å²) >= 11 is 3.60. The second-order valence-corrected chi connectivity index (χ2v) is 9.69. The fourth-order valence-corrected chi connectivity index (χ4v) is 5.07. The number of hydrogen-bond donors (Lipinski definition) is 0. The van der Waals surface area contributed by atoms with E-state index >= 15 is 0 Å². The highest BCUT2D eigenvalue weighted by Gasteiger charge is 2.21. The summed E-state index contributed by atoms with van der Waals surface area (Å²) in [5.74, 6) is 0. The van der Waals surface area contributed by atoms with Crippen LogP contribution in [0.15, 0.2) is 144 Å². The molecule has 0 radical (unpaired) electrons. The maximum atomic E-state index is 4.90. The number of benzene rings is 5. The molecule has 6 rings (SSSR count). The quantitative estimate of drug-likeness (QED) is 0.218. The van der Waals surface area contributed by atoms with Crippen LogP contribution in [0, 0.1) is 0 Å². The first-order valence-electron chi connectivity index (χ1n) is 12.2. The van der Waals surface area contributed by atoms with Crippen molar-refractivity contribution in [1.29, 1.82) is 0 Å². The SMILES string of the molecule is Brc1ccc(-c2c(-c3ccccc3-c3ccccc3)ncnc2-c2ccccc2-c2ccccc2)cc1. The number of hydrogen-bond acceptors (Lipinski definition) is 2. The van der Waals surface area contributed by atoms with Gasteiger partial charge in [0, 0.05) is 21.2 Å². The summed E-state index contributed by atoms with van der Waals surface area (Å²) in [5.41, 5.74) is 10.7. The first-order chi connectivity index (χ1) is 18.3. The van der Waals surface area contributed by atoms with Crippen LogP contribution in [0.25, 0.3) is 55.9 Å². The van der Waals surface area contributed by atoms with E-state index in [0.29, 0.717) is 0 Å². The summed E-state index contributed by atoms with van der Waals surface area (Å²) in [6, 6.07) is 46.3. The van der Waals surface area contributed by atoms with Crippen molar-refractivity contribution in [3.05, 3.63) is 144 Å². The Balaban J connectivity index is 1.66. The fraction of sp³-hybridized carbons (Fsp3) is 0. The lowest BCUT2D eigenvalue weighted by Crippen LogP contribution is -1.99. The van der Waals surface area contributed by atoms with E-state index in [1.54, 1.807) is 6.33 Å². The van der Waals surface area contributed by atoms with Crippen LogP contribution in [0.1, 0.15) is 0 Å². The molecular weight excluding hydrogens is 516 g/mol. The molecule has 37 heavy (non-hydrogen) atoms. The molecule has 5 aromatic carbocycles. The second-order valence-electron chi connectivity index (χ2n) is 8.78. The van der Waals surface area contributed by atoms with Crippen molar-refractivity contribution in [3.8, 4) is 55.9 Å². The first kappa shape index (κ1) is 23.1. The minimum atomic E-state index is 0.912. The summed E-state index contributed by atoms with van der Waals surface area (Å²) in [6.07, 6.45) is 1.69. The molecule has 0 aliphatic heterocycles. The van der Waals surface area contributed by atoms with E-state index in [9.17, 15) is 0 Å². The van der Waals surface area contributed by atoms with Gasteiger partial charge in [-0.25, -0.2) is 9.97 Å². The lowest BCUT2D eigenvalue weighted by Gasteiger charge is -2.18. The van der Waals surface area contributed by atoms with Gasteiger partial charge in [-0.2, -0.15) is 0 Å². The van der Waals surface area contributed by atoms with Gasteiger partial charge < -0.3 is 0 Å². The lowest BCUT2D eigenvalue weighted by atomic mass is 9.88. The summed E-state index contributed by atoms with van der Waals surface area (Å²) in [4.78, 5) is 9.80. The zero-order valence-electron chi connectivity index (χ0n) is 20.1. The first-order valence-corrected chi connectivity index (χ1v) is 13.0. The molecule has 0 bridgehead atoms. The monoisotopic (exact) mass is 538 g/mol. The Bertz CT molecular complexity index is 1560. The molecule has 176 valence electrons. The average Bonchev–Trinajstić information content (AvgIpc) is 2.98. The highest BCUT2D eigenvalue weighted by atomic mass is 79.9. The molecule has 0 spiro atoms. The summed E-state index contributed by atoms with van der Waals surface area (Å²) in [6.45, 7) is 0. The third-order valence-electron chi connectivity index (χ3n) is 6.51. The van der Waals surface area contributed by atoms with Gasteiger partial charge in [0.1, 0.15) is 6.33 Å². The standard InChI is InChI=1S/C34H23BrN2/c35-27-21-19-26(20-22-27)32-33(30-17-9-7-15-28(30)24-11-3-1-4-12-24)36-23-37-34(32)31-18-10-8-16-29(31)25-13-5-2-6-14-25/h1-23H. The van der Waals surface area contributed by atoms with Crippen LogP contribution in [0.3, 0.4) is 0 Å². The van der Waals surface area contributed by atoms with Gasteiger partial charge in [0.15, 0.2) is 0 Å². The molecular formula is C34H23BrN2. The van der Waals surface area contributed by atoms with Crippen molar-refractivity contribution in [1.82, 2.24) is 9.97 Å². The predicted molar refractivity (Wildman–Crippen MR) is 157 cm³/mol. The molecule has 0 fully saturated rings. The highest BCUT2D eigenvalue weighted by Crippen LogP contribution is 2.43. The maximum absolute atomic E-state index is 4.90. The topological polar surface area (TPSA) is 25.8 Å². The highest BCUT2D eigenvalue weighted by molar-refractivity contribution is 9.10. The van der Waals surface area contributed by atoms with Gasteiger partial charge in [-0.05, 0) is 39.9 Å². The number of halogens is 1. The van der Waals surface area contributed by atoms with E-state index in [1.807, 2.05) is 12.1 Å². The molecule has 6 aromatic rings.